The summed E-state index contributed by atoms with van der Waals surface area (Å²) in [6, 6.07) is 6.63. The average Bonchev–Trinajstić information content (AvgIpc) is 2.59. The van der Waals surface area contributed by atoms with E-state index in [1.54, 1.807) is 31.4 Å². The van der Waals surface area contributed by atoms with Crippen LogP contribution < -0.4 is 4.74 Å². The lowest BCUT2D eigenvalue weighted by Gasteiger charge is -2.34. The predicted molar refractivity (Wildman–Crippen MR) is 82.1 cm³/mol. The number of ether oxygens (including phenoxy) is 2. The molecule has 0 amide bonds. The number of ketones is 1. The monoisotopic (exact) mass is 308 g/mol. The van der Waals surface area contributed by atoms with Crippen LogP contribution in [0, 0.1) is 0 Å². The molecule has 2 rings (SSSR count). The third-order valence-electron chi connectivity index (χ3n) is 4.17. The Kier molecular flexibility index (Phi) is 5.94. The number of carbonyl (C=O) groups excluding carboxylic acids is 1. The van der Waals surface area contributed by atoms with E-state index in [1.807, 2.05) is 6.92 Å². The molecule has 22 heavy (non-hydrogen) atoms. The Balaban J connectivity index is 2.02. The van der Waals surface area contributed by atoms with E-state index in [1.165, 1.54) is 0 Å². The van der Waals surface area contributed by atoms with E-state index in [0.29, 0.717) is 24.2 Å². The molecule has 2 N–H and O–H groups in total. The minimum absolute atomic E-state index is 0.304. The second-order valence-corrected chi connectivity index (χ2v) is 5.66. The van der Waals surface area contributed by atoms with Gasteiger partial charge in [0.15, 0.2) is 5.78 Å². The van der Waals surface area contributed by atoms with Gasteiger partial charge in [0, 0.05) is 5.56 Å². The molecule has 0 saturated carbocycles. The Morgan fingerprint density at radius 1 is 1.27 bits per heavy atom. The van der Waals surface area contributed by atoms with Gasteiger partial charge in [-0.25, -0.2) is 0 Å². The number of carbonyl (C=O) groups is 1. The Morgan fingerprint density at radius 3 is 2.50 bits per heavy atom. The van der Waals surface area contributed by atoms with E-state index in [4.69, 9.17) is 9.47 Å². The molecule has 1 aliphatic rings. The molecule has 1 aromatic carbocycles. The maximum atomic E-state index is 12.4. The summed E-state index contributed by atoms with van der Waals surface area (Å²) in [4.78, 5) is 12.4. The van der Waals surface area contributed by atoms with Crippen LogP contribution in [0.2, 0.25) is 0 Å². The Bertz CT molecular complexity index is 484. The van der Waals surface area contributed by atoms with Gasteiger partial charge in [-0.05, 0) is 49.9 Å². The Hall–Kier alpha value is -1.43. The summed E-state index contributed by atoms with van der Waals surface area (Å²) in [5, 5.41) is 20.2. The van der Waals surface area contributed by atoms with Crippen molar-refractivity contribution in [3.8, 4) is 5.75 Å². The molecule has 0 aliphatic carbocycles. The molecule has 0 radical (unpaired) electrons. The molecule has 1 heterocycles. The molecular formula is C17H24O5. The minimum Gasteiger partial charge on any atom is -0.497 e. The highest BCUT2D eigenvalue weighted by atomic mass is 16.5. The second-order valence-electron chi connectivity index (χ2n) is 5.66. The first-order valence-corrected chi connectivity index (χ1v) is 7.76. The molecular weight excluding hydrogens is 284 g/mol. The van der Waals surface area contributed by atoms with Crippen LogP contribution in [0.15, 0.2) is 24.3 Å². The quantitative estimate of drug-likeness (QED) is 0.786. The highest BCUT2D eigenvalue weighted by Gasteiger charge is 2.34. The van der Waals surface area contributed by atoms with Gasteiger partial charge in [0.25, 0.3) is 0 Å². The smallest absolute Gasteiger partial charge is 0.193 e. The van der Waals surface area contributed by atoms with Gasteiger partial charge in [-0.2, -0.15) is 0 Å². The summed E-state index contributed by atoms with van der Waals surface area (Å²) in [5.74, 6) is 0.297. The zero-order valence-electron chi connectivity index (χ0n) is 13.1. The van der Waals surface area contributed by atoms with Gasteiger partial charge in [-0.3, -0.25) is 4.79 Å². The van der Waals surface area contributed by atoms with Crippen molar-refractivity contribution < 1.29 is 24.5 Å². The molecule has 122 valence electrons. The summed E-state index contributed by atoms with van der Waals surface area (Å²) >= 11 is 0. The Labute approximate surface area is 130 Å². The fourth-order valence-electron chi connectivity index (χ4n) is 2.75. The van der Waals surface area contributed by atoms with Crippen molar-refractivity contribution in [3.63, 3.8) is 0 Å². The van der Waals surface area contributed by atoms with E-state index in [-0.39, 0.29) is 11.9 Å². The van der Waals surface area contributed by atoms with Crippen LogP contribution in [0.4, 0.5) is 0 Å². The van der Waals surface area contributed by atoms with Gasteiger partial charge in [-0.15, -0.1) is 0 Å². The summed E-state index contributed by atoms with van der Waals surface area (Å²) < 4.78 is 10.8. The largest absolute Gasteiger partial charge is 0.497 e. The highest BCUT2D eigenvalue weighted by molar-refractivity contribution is 5.99. The molecule has 1 saturated heterocycles. The van der Waals surface area contributed by atoms with Crippen LogP contribution in [-0.2, 0) is 4.74 Å². The lowest BCUT2D eigenvalue weighted by atomic mass is 9.93. The molecule has 0 bridgehead atoms. The number of benzene rings is 1. The molecule has 1 aromatic rings. The lowest BCUT2D eigenvalue weighted by molar-refractivity contribution is -0.133. The van der Waals surface area contributed by atoms with E-state index < -0.39 is 18.3 Å². The van der Waals surface area contributed by atoms with Crippen molar-refractivity contribution in [1.29, 1.82) is 0 Å². The molecule has 0 spiro atoms. The highest BCUT2D eigenvalue weighted by Crippen LogP contribution is 2.26. The molecule has 1 aliphatic heterocycles. The van der Waals surface area contributed by atoms with Crippen LogP contribution in [0.25, 0.3) is 0 Å². The number of methoxy groups -OCH3 is 1. The van der Waals surface area contributed by atoms with Gasteiger partial charge in [0.05, 0.1) is 25.4 Å². The van der Waals surface area contributed by atoms with Crippen LogP contribution in [0.5, 0.6) is 5.75 Å². The lowest BCUT2D eigenvalue weighted by Crippen LogP contribution is -2.44. The van der Waals surface area contributed by atoms with Crippen molar-refractivity contribution in [2.24, 2.45) is 0 Å². The molecule has 0 unspecified atom stereocenters. The standard InChI is InChI=1S/C17H24O5/c1-3-13(18)14-5-4-6-15(22-14)17(20)16(19)11-7-9-12(21-2)10-8-11/h7-10,13-15,17-18,20H,3-6H2,1-2H3/t13-,14+,15-,17+/m1/s1. The fourth-order valence-corrected chi connectivity index (χ4v) is 2.75. The molecule has 0 aromatic heterocycles. The van der Waals surface area contributed by atoms with Crippen molar-refractivity contribution >= 4 is 5.78 Å². The zero-order valence-corrected chi connectivity index (χ0v) is 13.1. The van der Waals surface area contributed by atoms with Gasteiger partial charge in [0.1, 0.15) is 11.9 Å². The third kappa shape index (κ3) is 3.85. The second kappa shape index (κ2) is 7.72. The fraction of sp³-hybridized carbons (Fsp3) is 0.588. The van der Waals surface area contributed by atoms with Gasteiger partial charge >= 0.3 is 0 Å². The number of aliphatic hydroxyl groups excluding tert-OH is 2. The summed E-state index contributed by atoms with van der Waals surface area (Å²) in [6.45, 7) is 1.89. The van der Waals surface area contributed by atoms with E-state index in [0.717, 1.165) is 12.8 Å². The first kappa shape index (κ1) is 16.9. The van der Waals surface area contributed by atoms with Gasteiger partial charge in [-0.1, -0.05) is 6.92 Å². The number of rotatable bonds is 6. The predicted octanol–water partition coefficient (Wildman–Crippen LogP) is 1.95. The number of Topliss-reactive ketones (excluding diaryl/α,β-unsaturated/α-hetero) is 1. The molecule has 4 atom stereocenters. The summed E-state index contributed by atoms with van der Waals surface area (Å²) in [6.07, 6.45) is 0.187. The summed E-state index contributed by atoms with van der Waals surface area (Å²) in [5.41, 5.74) is 0.426. The zero-order chi connectivity index (χ0) is 16.1. The van der Waals surface area contributed by atoms with Crippen molar-refractivity contribution in [2.75, 3.05) is 7.11 Å². The van der Waals surface area contributed by atoms with Crippen LogP contribution in [0.3, 0.4) is 0 Å². The molecule has 1 fully saturated rings. The maximum Gasteiger partial charge on any atom is 0.193 e. The SMILES string of the molecule is CC[C@@H](O)[C@@H]1CCC[C@H]([C@H](O)C(=O)c2ccc(OC)cc2)O1. The van der Waals surface area contributed by atoms with Crippen molar-refractivity contribution in [1.82, 2.24) is 0 Å². The minimum atomic E-state index is -1.21. The Morgan fingerprint density at radius 2 is 1.91 bits per heavy atom. The first-order chi connectivity index (χ1) is 10.6. The van der Waals surface area contributed by atoms with Crippen molar-refractivity contribution in [2.45, 2.75) is 57.0 Å². The molecule has 5 nitrogen and oxygen atoms in total. The van der Waals surface area contributed by atoms with E-state index >= 15 is 0 Å². The topological polar surface area (TPSA) is 76.0 Å². The van der Waals surface area contributed by atoms with E-state index in [2.05, 4.69) is 0 Å². The third-order valence-corrected chi connectivity index (χ3v) is 4.17. The number of aliphatic hydroxyl groups is 2. The van der Waals surface area contributed by atoms with Gasteiger partial charge in [0.2, 0.25) is 0 Å². The van der Waals surface area contributed by atoms with Crippen LogP contribution >= 0.6 is 0 Å². The van der Waals surface area contributed by atoms with Crippen LogP contribution in [0.1, 0.15) is 43.0 Å². The van der Waals surface area contributed by atoms with Gasteiger partial charge < -0.3 is 19.7 Å². The maximum absolute atomic E-state index is 12.4. The normalized spacial score (nSPS) is 24.5. The molecule has 5 heteroatoms. The van der Waals surface area contributed by atoms with E-state index in [9.17, 15) is 15.0 Å². The number of hydrogen-bond donors (Lipinski definition) is 2. The van der Waals surface area contributed by atoms with Crippen LogP contribution in [-0.4, -0.2) is 47.5 Å². The first-order valence-electron chi connectivity index (χ1n) is 7.76. The summed E-state index contributed by atoms with van der Waals surface area (Å²) in [7, 11) is 1.56. The number of hydrogen-bond acceptors (Lipinski definition) is 5. The van der Waals surface area contributed by atoms with Crippen molar-refractivity contribution in [3.05, 3.63) is 29.8 Å². The average molecular weight is 308 g/mol.